The maximum atomic E-state index is 3.83. The molecule has 1 heterocycles. The van der Waals surface area contributed by atoms with Crippen LogP contribution in [0, 0.1) is 6.92 Å². The monoisotopic (exact) mass is 331 g/mol. The molecule has 0 saturated carbocycles. The van der Waals surface area contributed by atoms with Gasteiger partial charge in [-0.1, -0.05) is 23.9 Å². The molecular weight excluding hydrogens is 317 g/mol. The molecule has 1 atom stereocenters. The topological polar surface area (TPSA) is 3.24 Å². The molecule has 15 heavy (non-hydrogen) atoms. The van der Waals surface area contributed by atoms with E-state index in [1.165, 1.54) is 16.1 Å². The van der Waals surface area contributed by atoms with Crippen LogP contribution in [0.2, 0.25) is 0 Å². The molecule has 1 nitrogen and oxygen atoms in total. The van der Waals surface area contributed by atoms with Gasteiger partial charge in [0.25, 0.3) is 0 Å². The second-order valence-corrected chi connectivity index (χ2v) is 8.11. The summed E-state index contributed by atoms with van der Waals surface area (Å²) >= 11 is 4.41. The van der Waals surface area contributed by atoms with Crippen molar-refractivity contribution in [2.45, 2.75) is 21.6 Å². The fraction of sp³-hybridized carbons (Fsp3) is 0.333. The molecule has 1 aromatic rings. The molecule has 1 aliphatic heterocycles. The van der Waals surface area contributed by atoms with E-state index in [0.29, 0.717) is 0 Å². The van der Waals surface area contributed by atoms with Crippen LogP contribution in [0.3, 0.4) is 0 Å². The minimum Gasteiger partial charge on any atom is -0.344 e. The van der Waals surface area contributed by atoms with Gasteiger partial charge in [-0.25, -0.2) is 0 Å². The van der Waals surface area contributed by atoms with E-state index < -0.39 is 0 Å². The smallest absolute Gasteiger partial charge is 0.140 e. The highest BCUT2D eigenvalue weighted by Gasteiger charge is 2.37. The minimum absolute atomic E-state index is 0.113. The number of rotatable bonds is 2. The van der Waals surface area contributed by atoms with E-state index in [9.17, 15) is 0 Å². The zero-order valence-corrected chi connectivity index (χ0v) is 11.9. The first-order valence-electron chi connectivity index (χ1n) is 4.92. The summed E-state index contributed by atoms with van der Waals surface area (Å²) in [5.41, 5.74) is 2.66. The summed E-state index contributed by atoms with van der Waals surface area (Å²) in [5, 5.41) is 0. The number of alkyl halides is 1. The van der Waals surface area contributed by atoms with Crippen molar-refractivity contribution in [3.63, 3.8) is 0 Å². The van der Waals surface area contributed by atoms with Gasteiger partial charge in [0, 0.05) is 11.4 Å². The molecule has 0 bridgehead atoms. The van der Waals surface area contributed by atoms with E-state index in [1.807, 2.05) is 17.8 Å². The zero-order chi connectivity index (χ0) is 11.1. The second-order valence-electron chi connectivity index (χ2n) is 3.84. The molecule has 0 saturated heterocycles. The summed E-state index contributed by atoms with van der Waals surface area (Å²) < 4.78 is 0.113. The summed E-state index contributed by atoms with van der Waals surface area (Å²) in [6.45, 7) is 9.12. The van der Waals surface area contributed by atoms with Crippen LogP contribution in [0.1, 0.15) is 12.5 Å². The van der Waals surface area contributed by atoms with Crippen LogP contribution >= 0.6 is 34.4 Å². The molecule has 0 aliphatic carbocycles. The highest BCUT2D eigenvalue weighted by atomic mass is 127. The van der Waals surface area contributed by atoms with Crippen LogP contribution in [-0.2, 0) is 0 Å². The first kappa shape index (κ1) is 11.3. The Labute approximate surface area is 109 Å². The van der Waals surface area contributed by atoms with E-state index in [4.69, 9.17) is 0 Å². The number of benzene rings is 1. The Morgan fingerprint density at radius 3 is 3.00 bits per heavy atom. The van der Waals surface area contributed by atoms with Gasteiger partial charge >= 0.3 is 0 Å². The maximum absolute atomic E-state index is 3.83. The molecule has 0 aromatic heterocycles. The first-order valence-corrected chi connectivity index (χ1v) is 6.81. The van der Waals surface area contributed by atoms with Crippen molar-refractivity contribution in [1.82, 2.24) is 0 Å². The highest BCUT2D eigenvalue weighted by molar-refractivity contribution is 14.1. The number of fused-ring (bicyclic) bond motifs is 1. The third-order valence-electron chi connectivity index (χ3n) is 2.50. The van der Waals surface area contributed by atoms with Crippen molar-refractivity contribution in [3.8, 4) is 0 Å². The number of halogens is 1. The Morgan fingerprint density at radius 2 is 2.33 bits per heavy atom. The van der Waals surface area contributed by atoms with Crippen LogP contribution in [0.15, 0.2) is 35.7 Å². The van der Waals surface area contributed by atoms with E-state index in [-0.39, 0.29) is 2.88 Å². The van der Waals surface area contributed by atoms with Gasteiger partial charge < -0.3 is 4.90 Å². The first-order chi connectivity index (χ1) is 7.04. The average Bonchev–Trinajstić information content (AvgIpc) is 2.39. The standard InChI is InChI=1S/C12H14INS/c1-4-7-14-10-8-9(2)5-6-11(10)15-12(14,3)13/h4-6,8H,1,7H2,2-3H3. The van der Waals surface area contributed by atoms with Crippen molar-refractivity contribution in [3.05, 3.63) is 36.4 Å². The molecule has 0 N–H and O–H groups in total. The Hall–Kier alpha value is -0.160. The van der Waals surface area contributed by atoms with Crippen LogP contribution in [0.25, 0.3) is 0 Å². The Balaban J connectivity index is 2.46. The number of nitrogens with zero attached hydrogens (tertiary/aromatic N) is 1. The van der Waals surface area contributed by atoms with E-state index >= 15 is 0 Å². The minimum atomic E-state index is 0.113. The van der Waals surface area contributed by atoms with Crippen molar-refractivity contribution in [1.29, 1.82) is 0 Å². The summed E-state index contributed by atoms with van der Waals surface area (Å²) in [5.74, 6) is 0. The van der Waals surface area contributed by atoms with E-state index in [2.05, 4.69) is 66.1 Å². The number of thioether (sulfide) groups is 1. The number of hydrogen-bond acceptors (Lipinski definition) is 2. The molecular formula is C12H14INS. The number of anilines is 1. The van der Waals surface area contributed by atoms with Gasteiger partial charge in [-0.15, -0.1) is 6.58 Å². The fourth-order valence-corrected chi connectivity index (χ4v) is 4.05. The zero-order valence-electron chi connectivity index (χ0n) is 8.96. The van der Waals surface area contributed by atoms with Gasteiger partial charge in [0.05, 0.1) is 5.69 Å². The maximum Gasteiger partial charge on any atom is 0.140 e. The lowest BCUT2D eigenvalue weighted by atomic mass is 10.2. The predicted molar refractivity (Wildman–Crippen MR) is 77.0 cm³/mol. The summed E-state index contributed by atoms with van der Waals surface area (Å²) in [6.07, 6.45) is 1.97. The normalized spacial score (nSPS) is 24.1. The Morgan fingerprint density at radius 1 is 1.60 bits per heavy atom. The lowest BCUT2D eigenvalue weighted by Gasteiger charge is -2.30. The number of hydrogen-bond donors (Lipinski definition) is 0. The largest absolute Gasteiger partial charge is 0.344 e. The molecule has 2 rings (SSSR count). The van der Waals surface area contributed by atoms with E-state index in [1.54, 1.807) is 0 Å². The molecule has 1 aromatic carbocycles. The lowest BCUT2D eigenvalue weighted by Crippen LogP contribution is -2.34. The van der Waals surface area contributed by atoms with Gasteiger partial charge in [0.15, 0.2) is 0 Å². The van der Waals surface area contributed by atoms with Gasteiger partial charge in [-0.2, -0.15) is 0 Å². The van der Waals surface area contributed by atoms with Crippen LogP contribution < -0.4 is 4.90 Å². The SMILES string of the molecule is C=CCN1c2cc(C)ccc2SC1(C)I. The fourth-order valence-electron chi connectivity index (χ4n) is 1.79. The molecule has 3 heteroatoms. The van der Waals surface area contributed by atoms with Crippen molar-refractivity contribution < 1.29 is 0 Å². The van der Waals surface area contributed by atoms with Crippen molar-refractivity contribution in [2.24, 2.45) is 0 Å². The Kier molecular flexibility index (Phi) is 3.03. The van der Waals surface area contributed by atoms with Crippen LogP contribution in [-0.4, -0.2) is 9.42 Å². The lowest BCUT2D eigenvalue weighted by molar-refractivity contribution is 0.847. The quantitative estimate of drug-likeness (QED) is 0.346. The second kappa shape index (κ2) is 4.01. The predicted octanol–water partition coefficient (Wildman–Crippen LogP) is 4.20. The summed E-state index contributed by atoms with van der Waals surface area (Å²) in [4.78, 5) is 3.77. The molecule has 80 valence electrons. The third-order valence-corrected chi connectivity index (χ3v) is 4.90. The van der Waals surface area contributed by atoms with Gasteiger partial charge in [-0.05, 0) is 54.1 Å². The van der Waals surface area contributed by atoms with Crippen LogP contribution in [0.4, 0.5) is 5.69 Å². The molecule has 0 radical (unpaired) electrons. The highest BCUT2D eigenvalue weighted by Crippen LogP contribution is 2.53. The van der Waals surface area contributed by atoms with Crippen molar-refractivity contribution >= 4 is 40.0 Å². The molecule has 0 spiro atoms. The summed E-state index contributed by atoms with van der Waals surface area (Å²) in [6, 6.07) is 6.65. The summed E-state index contributed by atoms with van der Waals surface area (Å²) in [7, 11) is 0. The molecule has 1 aliphatic rings. The Bertz CT molecular complexity index is 401. The van der Waals surface area contributed by atoms with Crippen LogP contribution in [0.5, 0.6) is 0 Å². The number of aryl methyl sites for hydroxylation is 1. The van der Waals surface area contributed by atoms with Gasteiger partial charge in [0.1, 0.15) is 2.88 Å². The molecule has 0 fully saturated rings. The molecule has 0 amide bonds. The van der Waals surface area contributed by atoms with Crippen molar-refractivity contribution in [2.75, 3.05) is 11.4 Å². The molecule has 1 unspecified atom stereocenters. The third kappa shape index (κ3) is 2.04. The van der Waals surface area contributed by atoms with Gasteiger partial charge in [-0.3, -0.25) is 0 Å². The van der Waals surface area contributed by atoms with Gasteiger partial charge in [0.2, 0.25) is 0 Å². The average molecular weight is 331 g/mol. The van der Waals surface area contributed by atoms with E-state index in [0.717, 1.165) is 6.54 Å².